The molecule has 0 saturated carbocycles. The van der Waals surface area contributed by atoms with Crippen molar-refractivity contribution in [3.63, 3.8) is 0 Å². The lowest BCUT2D eigenvalue weighted by molar-refractivity contribution is -0.141. The lowest BCUT2D eigenvalue weighted by Crippen LogP contribution is -2.49. The molecule has 0 spiro atoms. The van der Waals surface area contributed by atoms with E-state index in [1.807, 2.05) is 51.1 Å². The summed E-state index contributed by atoms with van der Waals surface area (Å²) in [5.41, 5.74) is 2.34. The number of anilines is 1. The molecule has 1 atom stereocenters. The maximum Gasteiger partial charge on any atom is 0.242 e. The van der Waals surface area contributed by atoms with Gasteiger partial charge < -0.3 is 10.2 Å². The highest BCUT2D eigenvalue weighted by Gasteiger charge is 2.29. The minimum Gasteiger partial charge on any atom is -0.354 e. The van der Waals surface area contributed by atoms with Crippen LogP contribution in [-0.4, -0.2) is 50.5 Å². The number of hydrogen-bond donors (Lipinski definition) is 1. The molecular weight excluding hydrogens is 486 g/mol. The van der Waals surface area contributed by atoms with Crippen LogP contribution in [0.1, 0.15) is 50.7 Å². The smallest absolute Gasteiger partial charge is 0.242 e. The first-order valence-electron chi connectivity index (χ1n) is 11.9. The third-order valence-electron chi connectivity index (χ3n) is 5.71. The van der Waals surface area contributed by atoms with Gasteiger partial charge in [0.05, 0.1) is 11.9 Å². The second kappa shape index (κ2) is 13.5. The molecule has 2 rings (SSSR count). The first-order valence-corrected chi connectivity index (χ1v) is 14.2. The molecule has 0 radical (unpaired) electrons. The third-order valence-corrected chi connectivity index (χ3v) is 7.27. The third kappa shape index (κ3) is 8.54. The number of carbonyl (C=O) groups is 2. The van der Waals surface area contributed by atoms with Crippen molar-refractivity contribution in [2.75, 3.05) is 23.7 Å². The molecular formula is C26H36ClN3O4S. The maximum atomic E-state index is 13.4. The number of halogens is 1. The fourth-order valence-electron chi connectivity index (χ4n) is 3.81. The molecule has 0 fully saturated rings. The summed E-state index contributed by atoms with van der Waals surface area (Å²) in [4.78, 5) is 27.8. The van der Waals surface area contributed by atoms with E-state index in [2.05, 4.69) is 5.32 Å². The summed E-state index contributed by atoms with van der Waals surface area (Å²) < 4.78 is 26.1. The zero-order valence-electron chi connectivity index (χ0n) is 21.0. The Morgan fingerprint density at radius 3 is 2.29 bits per heavy atom. The van der Waals surface area contributed by atoms with Crippen LogP contribution in [0.2, 0.25) is 5.02 Å². The molecule has 9 heteroatoms. The second-order valence-corrected chi connectivity index (χ2v) is 10.9. The van der Waals surface area contributed by atoms with Crippen LogP contribution < -0.4 is 9.62 Å². The number of aryl methyl sites for hydroxylation is 1. The number of nitrogens with zero attached hydrogens (tertiary/aromatic N) is 2. The van der Waals surface area contributed by atoms with Gasteiger partial charge in [0.25, 0.3) is 0 Å². The molecule has 0 heterocycles. The van der Waals surface area contributed by atoms with Crippen LogP contribution in [0.4, 0.5) is 5.69 Å². The minimum absolute atomic E-state index is 0.0971. The fraction of sp³-hybridized carbons (Fsp3) is 0.462. The average molecular weight is 522 g/mol. The summed E-state index contributed by atoms with van der Waals surface area (Å²) in [5.74, 6) is -0.423. The Morgan fingerprint density at radius 2 is 1.71 bits per heavy atom. The van der Waals surface area contributed by atoms with E-state index in [9.17, 15) is 18.0 Å². The van der Waals surface area contributed by atoms with Gasteiger partial charge in [0.15, 0.2) is 0 Å². The van der Waals surface area contributed by atoms with Crippen LogP contribution in [0.25, 0.3) is 0 Å². The number of benzene rings is 2. The van der Waals surface area contributed by atoms with Crippen molar-refractivity contribution in [1.29, 1.82) is 0 Å². The standard InChI is InChI=1S/C26H36ClN3O4S/c1-5-17-28-26(32)24(6-2)29(19-21-10-7-8-11-23(21)27)25(31)12-9-18-30(35(4,33)34)22-15-13-20(3)14-16-22/h7-8,10-11,13-16,24H,5-6,9,12,17-19H2,1-4H3,(H,28,32)/t24-/m0/s1. The van der Waals surface area contributed by atoms with E-state index in [0.717, 1.165) is 23.8 Å². The van der Waals surface area contributed by atoms with Gasteiger partial charge in [-0.1, -0.05) is 61.3 Å². The Kier molecular flexibility index (Phi) is 11.0. The fourth-order valence-corrected chi connectivity index (χ4v) is 4.97. The summed E-state index contributed by atoms with van der Waals surface area (Å²) in [6, 6.07) is 13.8. The minimum atomic E-state index is -3.52. The van der Waals surface area contributed by atoms with Crippen molar-refractivity contribution in [2.24, 2.45) is 0 Å². The summed E-state index contributed by atoms with van der Waals surface area (Å²) in [7, 11) is -3.52. The molecule has 0 bridgehead atoms. The molecule has 2 amide bonds. The van der Waals surface area contributed by atoms with E-state index in [1.165, 1.54) is 4.31 Å². The molecule has 2 aromatic carbocycles. The van der Waals surface area contributed by atoms with Crippen LogP contribution in [0, 0.1) is 6.92 Å². The lowest BCUT2D eigenvalue weighted by atomic mass is 10.1. The molecule has 0 aliphatic rings. The van der Waals surface area contributed by atoms with E-state index in [4.69, 9.17) is 11.6 Å². The Hall–Kier alpha value is -2.58. The molecule has 0 aliphatic heterocycles. The largest absolute Gasteiger partial charge is 0.354 e. The first-order chi connectivity index (χ1) is 16.6. The van der Waals surface area contributed by atoms with Gasteiger partial charge in [0.2, 0.25) is 21.8 Å². The van der Waals surface area contributed by atoms with Gasteiger partial charge >= 0.3 is 0 Å². The second-order valence-electron chi connectivity index (χ2n) is 8.60. The molecule has 0 aliphatic carbocycles. The number of rotatable bonds is 13. The maximum absolute atomic E-state index is 13.4. The monoisotopic (exact) mass is 521 g/mol. The number of nitrogens with one attached hydrogen (secondary N) is 1. The van der Waals surface area contributed by atoms with Crippen molar-refractivity contribution >= 4 is 39.1 Å². The molecule has 1 N–H and O–H groups in total. The van der Waals surface area contributed by atoms with Gasteiger partial charge in [-0.3, -0.25) is 13.9 Å². The molecule has 35 heavy (non-hydrogen) atoms. The number of sulfonamides is 1. The van der Waals surface area contributed by atoms with Gasteiger partial charge in [-0.15, -0.1) is 0 Å². The zero-order chi connectivity index (χ0) is 26.0. The van der Waals surface area contributed by atoms with E-state index < -0.39 is 16.1 Å². The topological polar surface area (TPSA) is 86.8 Å². The number of amides is 2. The van der Waals surface area contributed by atoms with Crippen LogP contribution in [0.15, 0.2) is 48.5 Å². The molecule has 0 unspecified atom stereocenters. The predicted octanol–water partition coefficient (Wildman–Crippen LogP) is 4.53. The molecule has 192 valence electrons. The van der Waals surface area contributed by atoms with E-state index in [0.29, 0.717) is 30.1 Å². The normalized spacial score (nSPS) is 12.1. The molecule has 0 aromatic heterocycles. The van der Waals surface area contributed by atoms with E-state index in [1.54, 1.807) is 23.1 Å². The highest BCUT2D eigenvalue weighted by Crippen LogP contribution is 2.22. The summed E-state index contributed by atoms with van der Waals surface area (Å²) in [6.07, 6.45) is 2.81. The van der Waals surface area contributed by atoms with Gasteiger partial charge in [-0.05, 0) is 49.9 Å². The Balaban J connectivity index is 2.20. The SMILES string of the molecule is CCCNC(=O)[C@H](CC)N(Cc1ccccc1Cl)C(=O)CCCN(c1ccc(C)cc1)S(C)(=O)=O. The summed E-state index contributed by atoms with van der Waals surface area (Å²) in [5, 5.41) is 3.41. The van der Waals surface area contributed by atoms with E-state index >= 15 is 0 Å². The van der Waals surface area contributed by atoms with Gasteiger partial charge in [-0.25, -0.2) is 8.42 Å². The average Bonchev–Trinajstić information content (AvgIpc) is 2.81. The van der Waals surface area contributed by atoms with Crippen LogP contribution in [-0.2, 0) is 26.2 Å². The van der Waals surface area contributed by atoms with Crippen LogP contribution in [0.3, 0.4) is 0 Å². The van der Waals surface area contributed by atoms with Crippen molar-refractivity contribution in [3.8, 4) is 0 Å². The van der Waals surface area contributed by atoms with Crippen LogP contribution >= 0.6 is 11.6 Å². The summed E-state index contributed by atoms with van der Waals surface area (Å²) >= 11 is 6.35. The Bertz CT molecular complexity index is 1090. The number of carbonyl (C=O) groups excluding carboxylic acids is 2. The van der Waals surface area contributed by atoms with Crippen molar-refractivity contribution in [1.82, 2.24) is 10.2 Å². The highest BCUT2D eigenvalue weighted by molar-refractivity contribution is 7.92. The van der Waals surface area contributed by atoms with Crippen molar-refractivity contribution < 1.29 is 18.0 Å². The predicted molar refractivity (Wildman–Crippen MR) is 142 cm³/mol. The van der Waals surface area contributed by atoms with Crippen molar-refractivity contribution in [3.05, 3.63) is 64.7 Å². The zero-order valence-corrected chi connectivity index (χ0v) is 22.5. The lowest BCUT2D eigenvalue weighted by Gasteiger charge is -2.31. The Labute approximate surface area is 214 Å². The first kappa shape index (κ1) is 28.7. The van der Waals surface area contributed by atoms with Crippen molar-refractivity contribution in [2.45, 2.75) is 59.0 Å². The molecule has 0 saturated heterocycles. The summed E-state index contributed by atoms with van der Waals surface area (Å²) in [6.45, 7) is 6.66. The van der Waals surface area contributed by atoms with E-state index in [-0.39, 0.29) is 31.3 Å². The highest BCUT2D eigenvalue weighted by atomic mass is 35.5. The number of hydrogen-bond acceptors (Lipinski definition) is 4. The molecule has 7 nitrogen and oxygen atoms in total. The van der Waals surface area contributed by atoms with Gasteiger partial charge in [0, 0.05) is 31.1 Å². The Morgan fingerprint density at radius 1 is 1.06 bits per heavy atom. The quantitative estimate of drug-likeness (QED) is 0.419. The van der Waals surface area contributed by atoms with Gasteiger partial charge in [0.1, 0.15) is 6.04 Å². The molecule has 2 aromatic rings. The van der Waals surface area contributed by atoms with Gasteiger partial charge in [-0.2, -0.15) is 0 Å². The van der Waals surface area contributed by atoms with Crippen LogP contribution in [0.5, 0.6) is 0 Å².